The topological polar surface area (TPSA) is 75.7 Å². The van der Waals surface area contributed by atoms with Gasteiger partial charge in [-0.3, -0.25) is 4.79 Å². The van der Waals surface area contributed by atoms with E-state index >= 15 is 0 Å². The van der Waals surface area contributed by atoms with Gasteiger partial charge in [0, 0.05) is 19.0 Å². The minimum absolute atomic E-state index is 0.0712. The van der Waals surface area contributed by atoms with Crippen LogP contribution in [-0.2, 0) is 14.8 Å². The number of nitrogens with one attached hydrogen (secondary N) is 1. The largest absolute Gasteiger partial charge is 0.495 e. The number of methoxy groups -OCH3 is 1. The summed E-state index contributed by atoms with van der Waals surface area (Å²) in [5, 5.41) is 3.32. The van der Waals surface area contributed by atoms with Crippen LogP contribution in [0.25, 0.3) is 0 Å². The predicted octanol–water partition coefficient (Wildman–Crippen LogP) is 4.18. The first-order valence-electron chi connectivity index (χ1n) is 8.82. The van der Waals surface area contributed by atoms with Gasteiger partial charge in [0.1, 0.15) is 16.5 Å². The molecule has 1 saturated heterocycles. The predicted molar refractivity (Wildman–Crippen MR) is 110 cm³/mol. The summed E-state index contributed by atoms with van der Waals surface area (Å²) in [5.41, 5.74) is 0.406. The van der Waals surface area contributed by atoms with Crippen molar-refractivity contribution in [3.63, 3.8) is 0 Å². The average Bonchev–Trinajstić information content (AvgIpc) is 2.71. The molecule has 2 aromatic carbocycles. The van der Waals surface area contributed by atoms with Crippen molar-refractivity contribution in [1.82, 2.24) is 4.31 Å². The van der Waals surface area contributed by atoms with E-state index in [1.807, 2.05) is 0 Å². The van der Waals surface area contributed by atoms with E-state index in [2.05, 4.69) is 5.32 Å². The second-order valence-electron chi connectivity index (χ2n) is 6.56. The van der Waals surface area contributed by atoms with Crippen LogP contribution >= 0.6 is 23.2 Å². The van der Waals surface area contributed by atoms with Crippen LogP contribution in [0.4, 0.5) is 10.1 Å². The van der Waals surface area contributed by atoms with E-state index in [0.29, 0.717) is 23.6 Å². The molecule has 1 aliphatic heterocycles. The van der Waals surface area contributed by atoms with Crippen molar-refractivity contribution in [3.05, 3.63) is 52.3 Å². The summed E-state index contributed by atoms with van der Waals surface area (Å²) >= 11 is 12.0. The number of nitrogens with zero attached hydrogens (tertiary/aromatic N) is 1. The lowest BCUT2D eigenvalue weighted by Gasteiger charge is -2.31. The fraction of sp³-hybridized carbons (Fsp3) is 0.316. The van der Waals surface area contributed by atoms with E-state index in [1.54, 1.807) is 18.2 Å². The smallest absolute Gasteiger partial charge is 0.246 e. The fourth-order valence-electron chi connectivity index (χ4n) is 3.18. The third kappa shape index (κ3) is 4.66. The lowest BCUT2D eigenvalue weighted by Crippen LogP contribution is -2.41. The first-order valence-corrected chi connectivity index (χ1v) is 11.0. The summed E-state index contributed by atoms with van der Waals surface area (Å²) in [6.45, 7) is 0.257. The Bertz CT molecular complexity index is 1020. The lowest BCUT2D eigenvalue weighted by molar-refractivity contribution is -0.120. The quantitative estimate of drug-likeness (QED) is 0.725. The molecule has 1 aliphatic rings. The number of benzene rings is 2. The van der Waals surface area contributed by atoms with Gasteiger partial charge in [-0.25, -0.2) is 12.8 Å². The number of carbonyl (C=O) groups is 1. The van der Waals surface area contributed by atoms with Gasteiger partial charge in [-0.2, -0.15) is 4.31 Å². The molecule has 0 spiro atoms. The summed E-state index contributed by atoms with van der Waals surface area (Å²) in [5.74, 6) is -1.24. The van der Waals surface area contributed by atoms with Crippen LogP contribution in [0.3, 0.4) is 0 Å². The highest BCUT2D eigenvalue weighted by Crippen LogP contribution is 2.32. The Labute approximate surface area is 178 Å². The molecule has 1 fully saturated rings. The minimum Gasteiger partial charge on any atom is -0.495 e. The number of piperidine rings is 1. The molecular weight excluding hydrogens is 442 g/mol. The number of halogens is 3. The van der Waals surface area contributed by atoms with Crippen molar-refractivity contribution >= 4 is 44.8 Å². The molecule has 6 nitrogen and oxygen atoms in total. The zero-order valence-corrected chi connectivity index (χ0v) is 17.8. The molecule has 0 radical (unpaired) electrons. The second kappa shape index (κ2) is 8.87. The van der Waals surface area contributed by atoms with Crippen molar-refractivity contribution in [2.75, 3.05) is 25.5 Å². The maximum absolute atomic E-state index is 13.6. The van der Waals surface area contributed by atoms with Crippen molar-refractivity contribution in [2.45, 2.75) is 17.7 Å². The lowest BCUT2D eigenvalue weighted by atomic mass is 9.97. The molecule has 2 aromatic rings. The molecule has 29 heavy (non-hydrogen) atoms. The number of carbonyl (C=O) groups excluding carboxylic acids is 1. The van der Waals surface area contributed by atoms with E-state index in [1.165, 1.54) is 17.5 Å². The molecule has 10 heteroatoms. The number of amides is 1. The third-order valence-electron chi connectivity index (χ3n) is 4.78. The number of rotatable bonds is 5. The van der Waals surface area contributed by atoms with Gasteiger partial charge in [0.15, 0.2) is 0 Å². The summed E-state index contributed by atoms with van der Waals surface area (Å²) in [7, 11) is -2.63. The standard InChI is InChI=1S/C19H19Cl2FN2O4S/c1-28-16-6-5-13(22)11-17(16)29(26,27)24-9-7-12(8-10-24)19(25)23-15-4-2-3-14(20)18(15)21/h2-6,11-12H,7-10H2,1H3,(H,23,25). The number of anilines is 1. The maximum Gasteiger partial charge on any atom is 0.246 e. The molecule has 1 heterocycles. The van der Waals surface area contributed by atoms with Gasteiger partial charge >= 0.3 is 0 Å². The van der Waals surface area contributed by atoms with Crippen LogP contribution in [0.5, 0.6) is 5.75 Å². The maximum atomic E-state index is 13.6. The molecule has 0 aromatic heterocycles. The van der Waals surface area contributed by atoms with E-state index in [4.69, 9.17) is 27.9 Å². The van der Waals surface area contributed by atoms with E-state index in [9.17, 15) is 17.6 Å². The summed E-state index contributed by atoms with van der Waals surface area (Å²) in [4.78, 5) is 12.3. The highest BCUT2D eigenvalue weighted by Gasteiger charge is 2.34. The van der Waals surface area contributed by atoms with Crippen molar-refractivity contribution in [3.8, 4) is 5.75 Å². The molecule has 3 rings (SSSR count). The molecule has 0 saturated carbocycles. The first-order chi connectivity index (χ1) is 13.7. The second-order valence-corrected chi connectivity index (χ2v) is 9.26. The minimum atomic E-state index is -3.95. The van der Waals surface area contributed by atoms with Crippen molar-refractivity contribution in [2.24, 2.45) is 5.92 Å². The van der Waals surface area contributed by atoms with Gasteiger partial charge in [-0.05, 0) is 43.2 Å². The molecule has 156 valence electrons. The Kier molecular flexibility index (Phi) is 6.68. The zero-order chi connectivity index (χ0) is 21.2. The molecule has 0 bridgehead atoms. The molecule has 1 N–H and O–H groups in total. The SMILES string of the molecule is COc1ccc(F)cc1S(=O)(=O)N1CCC(C(=O)Nc2cccc(Cl)c2Cl)CC1. The molecule has 0 atom stereocenters. The molecule has 1 amide bonds. The van der Waals surface area contributed by atoms with E-state index in [0.717, 1.165) is 12.1 Å². The highest BCUT2D eigenvalue weighted by molar-refractivity contribution is 7.89. The monoisotopic (exact) mass is 460 g/mol. The van der Waals surface area contributed by atoms with E-state index in [-0.39, 0.29) is 40.6 Å². The Morgan fingerprint density at radius 2 is 1.90 bits per heavy atom. The van der Waals surface area contributed by atoms with Crippen molar-refractivity contribution in [1.29, 1.82) is 0 Å². The van der Waals surface area contributed by atoms with Crippen LogP contribution in [0.15, 0.2) is 41.3 Å². The van der Waals surface area contributed by atoms with Gasteiger partial charge in [0.25, 0.3) is 0 Å². The normalized spacial score (nSPS) is 15.9. The van der Waals surface area contributed by atoms with Crippen LogP contribution in [0, 0.1) is 11.7 Å². The summed E-state index contributed by atoms with van der Waals surface area (Å²) < 4.78 is 45.7. The van der Waals surface area contributed by atoms with Crippen LogP contribution in [0.1, 0.15) is 12.8 Å². The van der Waals surface area contributed by atoms with E-state index < -0.39 is 15.8 Å². The van der Waals surface area contributed by atoms with Gasteiger partial charge < -0.3 is 10.1 Å². The first kappa shape index (κ1) is 21.8. The highest BCUT2D eigenvalue weighted by atomic mass is 35.5. The molecule has 0 aliphatic carbocycles. The summed E-state index contributed by atoms with van der Waals surface area (Å²) in [6, 6.07) is 8.28. The number of hydrogen-bond donors (Lipinski definition) is 1. The van der Waals surface area contributed by atoms with Crippen LogP contribution in [0.2, 0.25) is 10.0 Å². The fourth-order valence-corrected chi connectivity index (χ4v) is 5.17. The Morgan fingerprint density at radius 1 is 1.21 bits per heavy atom. The zero-order valence-electron chi connectivity index (χ0n) is 15.5. The van der Waals surface area contributed by atoms with Crippen LogP contribution < -0.4 is 10.1 Å². The number of hydrogen-bond acceptors (Lipinski definition) is 4. The number of sulfonamides is 1. The summed E-state index contributed by atoms with van der Waals surface area (Å²) in [6.07, 6.45) is 0.641. The van der Waals surface area contributed by atoms with Gasteiger partial charge in [-0.1, -0.05) is 29.3 Å². The van der Waals surface area contributed by atoms with Crippen molar-refractivity contribution < 1.29 is 22.3 Å². The Hall–Kier alpha value is -1.87. The van der Waals surface area contributed by atoms with Crippen LogP contribution in [-0.4, -0.2) is 38.8 Å². The van der Waals surface area contributed by atoms with Gasteiger partial charge in [0.05, 0.1) is 22.8 Å². The Morgan fingerprint density at radius 3 is 2.55 bits per heavy atom. The Balaban J connectivity index is 1.69. The third-order valence-corrected chi connectivity index (χ3v) is 7.52. The molecule has 0 unspecified atom stereocenters. The molecular formula is C19H19Cl2FN2O4S. The average molecular weight is 461 g/mol. The number of ether oxygens (including phenoxy) is 1. The van der Waals surface area contributed by atoms with Gasteiger partial charge in [-0.15, -0.1) is 0 Å². The van der Waals surface area contributed by atoms with Gasteiger partial charge in [0.2, 0.25) is 15.9 Å².